The number of piperidine rings is 1. The molecule has 5 saturated heterocycles. The number of carbonyl (C=O) groups is 1. The Balaban J connectivity index is 1.52. The van der Waals surface area contributed by atoms with Crippen LogP contribution in [0.3, 0.4) is 0 Å². The van der Waals surface area contributed by atoms with Crippen molar-refractivity contribution in [2.24, 2.45) is 5.92 Å². The van der Waals surface area contributed by atoms with Crippen molar-refractivity contribution in [1.29, 1.82) is 0 Å². The lowest BCUT2D eigenvalue weighted by molar-refractivity contribution is -0.555. The van der Waals surface area contributed by atoms with E-state index in [4.69, 9.17) is 19.2 Å². The first-order chi connectivity index (χ1) is 12.1. The first-order valence-corrected chi connectivity index (χ1v) is 9.11. The van der Waals surface area contributed by atoms with E-state index >= 15 is 0 Å². The van der Waals surface area contributed by atoms with Gasteiger partial charge in [-0.25, -0.2) is 9.78 Å². The Bertz CT molecular complexity index is 682. The van der Waals surface area contributed by atoms with Crippen molar-refractivity contribution in [2.45, 2.75) is 62.9 Å². The Kier molecular flexibility index (Phi) is 3.47. The molecule has 0 saturated carbocycles. The molecule has 0 aliphatic carbocycles. The van der Waals surface area contributed by atoms with E-state index in [-0.39, 0.29) is 17.9 Å². The number of hydrogen-bond donors (Lipinski definition) is 0. The number of esters is 1. The summed E-state index contributed by atoms with van der Waals surface area (Å²) in [6.45, 7) is 3.64. The van der Waals surface area contributed by atoms with Crippen molar-refractivity contribution in [2.75, 3.05) is 6.54 Å². The molecule has 0 aromatic heterocycles. The Morgan fingerprint density at radius 1 is 1.20 bits per heavy atom. The largest absolute Gasteiger partial charge is 0.432 e. The van der Waals surface area contributed by atoms with Gasteiger partial charge in [-0.2, -0.15) is 0 Å². The molecule has 134 valence electrons. The lowest BCUT2D eigenvalue weighted by Crippen LogP contribution is -2.72. The molecule has 5 heterocycles. The minimum atomic E-state index is -0.853. The lowest BCUT2D eigenvalue weighted by Gasteiger charge is -2.57. The third kappa shape index (κ3) is 2.35. The molecule has 25 heavy (non-hydrogen) atoms. The molecular weight excluding hydrogens is 322 g/mol. The van der Waals surface area contributed by atoms with Gasteiger partial charge in [-0.1, -0.05) is 30.3 Å². The second kappa shape index (κ2) is 5.51. The number of nitrogens with zero attached hydrogens (tertiary/aromatic N) is 1. The van der Waals surface area contributed by atoms with Gasteiger partial charge >= 0.3 is 5.97 Å². The van der Waals surface area contributed by atoms with E-state index in [2.05, 4.69) is 29.2 Å². The smallest absolute Gasteiger partial charge is 0.308 e. The minimum absolute atomic E-state index is 0.0680. The molecule has 5 aliphatic rings. The molecule has 5 fully saturated rings. The van der Waals surface area contributed by atoms with Crippen LogP contribution < -0.4 is 0 Å². The van der Waals surface area contributed by atoms with Gasteiger partial charge in [0, 0.05) is 24.9 Å². The maximum atomic E-state index is 12.1. The number of carbonyl (C=O) groups excluding carboxylic acids is 1. The van der Waals surface area contributed by atoms with Crippen LogP contribution in [0.4, 0.5) is 0 Å². The number of benzene rings is 1. The van der Waals surface area contributed by atoms with Crippen molar-refractivity contribution in [3.8, 4) is 0 Å². The Hall–Kier alpha value is -1.47. The maximum absolute atomic E-state index is 12.1. The van der Waals surface area contributed by atoms with Crippen LogP contribution in [-0.2, 0) is 30.6 Å². The Morgan fingerprint density at radius 3 is 2.88 bits per heavy atom. The summed E-state index contributed by atoms with van der Waals surface area (Å²) >= 11 is 0. The molecule has 1 aromatic carbocycles. The fraction of sp³-hybridized carbons (Fsp3) is 0.632. The molecule has 6 rings (SSSR count). The normalized spacial score (nSPS) is 43.2. The standard InChI is InChI=1S/C19H23NO5/c1-18-9-7-15-19(25-24-18)14(11-16(21)22-17(19)23-18)8-10-20(15)12-13-5-3-2-4-6-13/h2-6,14-15,17H,7-12H2,1H3/t14-,15+,17+,18+,19-/m1/s1. The number of fused-ring (bicyclic) bond motifs is 2. The third-order valence-electron chi connectivity index (χ3n) is 6.20. The zero-order valence-corrected chi connectivity index (χ0v) is 14.3. The Morgan fingerprint density at radius 2 is 2.04 bits per heavy atom. The summed E-state index contributed by atoms with van der Waals surface area (Å²) in [5.74, 6) is -0.984. The third-order valence-corrected chi connectivity index (χ3v) is 6.20. The molecule has 5 atom stereocenters. The fourth-order valence-corrected chi connectivity index (χ4v) is 4.93. The SMILES string of the molecule is C[C@]12CC[C@@H]3N(Cc4ccccc4)CC[C@@H]4CC(=O)O[C@@H](O1)[C@@]43OO2. The number of ether oxygens (including phenoxy) is 2. The highest BCUT2D eigenvalue weighted by atomic mass is 17.3. The van der Waals surface area contributed by atoms with E-state index < -0.39 is 17.7 Å². The molecule has 2 bridgehead atoms. The monoisotopic (exact) mass is 345 g/mol. The predicted octanol–water partition coefficient (Wildman–Crippen LogP) is 2.38. The van der Waals surface area contributed by atoms with Crippen molar-refractivity contribution < 1.29 is 24.0 Å². The first kappa shape index (κ1) is 15.8. The summed E-state index contributed by atoms with van der Waals surface area (Å²) in [4.78, 5) is 26.2. The van der Waals surface area contributed by atoms with Gasteiger partial charge in [-0.3, -0.25) is 9.69 Å². The van der Waals surface area contributed by atoms with Gasteiger partial charge in [-0.15, -0.1) is 0 Å². The van der Waals surface area contributed by atoms with Gasteiger partial charge in [0.1, 0.15) is 0 Å². The average molecular weight is 345 g/mol. The summed E-state index contributed by atoms with van der Waals surface area (Å²) in [7, 11) is 0. The second-order valence-electron chi connectivity index (χ2n) is 7.79. The maximum Gasteiger partial charge on any atom is 0.308 e. The zero-order chi connectivity index (χ0) is 17.1. The van der Waals surface area contributed by atoms with Gasteiger partial charge in [0.2, 0.25) is 12.1 Å². The summed E-state index contributed by atoms with van der Waals surface area (Å²) in [6, 6.07) is 10.6. The van der Waals surface area contributed by atoms with Crippen LogP contribution in [-0.4, -0.2) is 41.1 Å². The molecule has 0 unspecified atom stereocenters. The van der Waals surface area contributed by atoms with Gasteiger partial charge in [0.05, 0.1) is 6.42 Å². The van der Waals surface area contributed by atoms with Crippen LogP contribution >= 0.6 is 0 Å². The summed E-state index contributed by atoms with van der Waals surface area (Å²) < 4.78 is 11.7. The van der Waals surface area contributed by atoms with E-state index in [1.807, 2.05) is 13.0 Å². The minimum Gasteiger partial charge on any atom is -0.432 e. The number of rotatable bonds is 2. The molecule has 0 radical (unpaired) electrons. The molecule has 1 spiro atoms. The van der Waals surface area contributed by atoms with Crippen LogP contribution in [0, 0.1) is 5.92 Å². The van der Waals surface area contributed by atoms with Crippen molar-refractivity contribution in [1.82, 2.24) is 4.90 Å². The summed E-state index contributed by atoms with van der Waals surface area (Å²) in [5, 5.41) is 0. The van der Waals surface area contributed by atoms with Crippen LogP contribution in [0.5, 0.6) is 0 Å². The average Bonchev–Trinajstić information content (AvgIpc) is 2.83. The van der Waals surface area contributed by atoms with E-state index in [1.165, 1.54) is 5.56 Å². The predicted molar refractivity (Wildman–Crippen MR) is 86.9 cm³/mol. The van der Waals surface area contributed by atoms with E-state index in [9.17, 15) is 4.79 Å². The molecular formula is C19H23NO5. The van der Waals surface area contributed by atoms with Gasteiger partial charge < -0.3 is 9.47 Å². The summed E-state index contributed by atoms with van der Waals surface area (Å²) in [6.07, 6.45) is 2.16. The highest BCUT2D eigenvalue weighted by molar-refractivity contribution is 5.71. The molecule has 0 N–H and O–H groups in total. The van der Waals surface area contributed by atoms with Crippen LogP contribution in [0.15, 0.2) is 30.3 Å². The highest BCUT2D eigenvalue weighted by Gasteiger charge is 2.68. The quantitative estimate of drug-likeness (QED) is 0.606. The van der Waals surface area contributed by atoms with E-state index in [1.54, 1.807) is 0 Å². The highest BCUT2D eigenvalue weighted by Crippen LogP contribution is 2.54. The van der Waals surface area contributed by atoms with E-state index in [0.717, 1.165) is 25.9 Å². The molecule has 0 amide bonds. The van der Waals surface area contributed by atoms with Crippen molar-refractivity contribution in [3.05, 3.63) is 35.9 Å². The van der Waals surface area contributed by atoms with Crippen LogP contribution in [0.25, 0.3) is 0 Å². The van der Waals surface area contributed by atoms with E-state index in [0.29, 0.717) is 12.8 Å². The summed E-state index contributed by atoms with van der Waals surface area (Å²) in [5.41, 5.74) is 0.547. The second-order valence-corrected chi connectivity index (χ2v) is 7.79. The van der Waals surface area contributed by atoms with Crippen molar-refractivity contribution >= 4 is 5.97 Å². The molecule has 6 nitrogen and oxygen atoms in total. The first-order valence-electron chi connectivity index (χ1n) is 9.11. The van der Waals surface area contributed by atoms with Crippen molar-refractivity contribution in [3.63, 3.8) is 0 Å². The van der Waals surface area contributed by atoms with Crippen LogP contribution in [0.2, 0.25) is 0 Å². The number of likely N-dealkylation sites (tertiary alicyclic amines) is 1. The van der Waals surface area contributed by atoms with Gasteiger partial charge in [-0.05, 0) is 31.9 Å². The lowest BCUT2D eigenvalue weighted by atomic mass is 9.70. The molecule has 6 heteroatoms. The fourth-order valence-electron chi connectivity index (χ4n) is 4.93. The topological polar surface area (TPSA) is 57.2 Å². The van der Waals surface area contributed by atoms with Gasteiger partial charge in [0.25, 0.3) is 0 Å². The van der Waals surface area contributed by atoms with Gasteiger partial charge in [0.15, 0.2) is 5.60 Å². The molecule has 5 aliphatic heterocycles. The zero-order valence-electron chi connectivity index (χ0n) is 14.3. The van der Waals surface area contributed by atoms with Crippen LogP contribution in [0.1, 0.15) is 38.2 Å². The number of hydrogen-bond acceptors (Lipinski definition) is 6. The Labute approximate surface area is 146 Å². The molecule has 1 aromatic rings.